The van der Waals surface area contributed by atoms with Gasteiger partial charge < -0.3 is 14.9 Å². The van der Waals surface area contributed by atoms with Crippen LogP contribution in [0, 0.1) is 0 Å². The van der Waals surface area contributed by atoms with Crippen LogP contribution in [0.4, 0.5) is 11.4 Å². The predicted octanol–water partition coefficient (Wildman–Crippen LogP) is 7.34. The summed E-state index contributed by atoms with van der Waals surface area (Å²) in [7, 11) is 0. The van der Waals surface area contributed by atoms with Gasteiger partial charge >= 0.3 is 0 Å². The summed E-state index contributed by atoms with van der Waals surface area (Å²) in [6.07, 6.45) is 5.26. The number of phenols is 1. The molecule has 1 heterocycles. The van der Waals surface area contributed by atoms with Crippen molar-refractivity contribution in [2.24, 2.45) is 0 Å². The van der Waals surface area contributed by atoms with Crippen molar-refractivity contribution in [2.45, 2.75) is 32.1 Å². The zero-order chi connectivity index (χ0) is 23.2. The molecule has 0 saturated heterocycles. The van der Waals surface area contributed by atoms with Crippen molar-refractivity contribution in [3.63, 3.8) is 0 Å². The summed E-state index contributed by atoms with van der Waals surface area (Å²) in [5, 5.41) is 12.2. The fourth-order valence-corrected chi connectivity index (χ4v) is 5.44. The van der Waals surface area contributed by atoms with Gasteiger partial charge in [0.15, 0.2) is 0 Å². The summed E-state index contributed by atoms with van der Waals surface area (Å²) in [5.41, 5.74) is 5.45. The van der Waals surface area contributed by atoms with E-state index in [-0.39, 0.29) is 0 Å². The quantitative estimate of drug-likeness (QED) is 0.384. The third-order valence-corrected chi connectivity index (χ3v) is 7.17. The summed E-state index contributed by atoms with van der Waals surface area (Å²) in [6, 6.07) is 25.1. The van der Waals surface area contributed by atoms with Crippen LogP contribution in [0.3, 0.4) is 0 Å². The van der Waals surface area contributed by atoms with Gasteiger partial charge in [0.25, 0.3) is 0 Å². The molecular formula is C29H32N2OS. The van der Waals surface area contributed by atoms with Gasteiger partial charge in [-0.2, -0.15) is 0 Å². The molecule has 1 aliphatic heterocycles. The van der Waals surface area contributed by atoms with Crippen LogP contribution in [0.2, 0.25) is 0 Å². The first-order chi connectivity index (χ1) is 16.1. The molecule has 0 radical (unpaired) electrons. The Morgan fingerprint density at radius 2 is 1.67 bits per heavy atom. The van der Waals surface area contributed by atoms with E-state index in [1.807, 2.05) is 12.1 Å². The molecule has 0 amide bonds. The molecule has 33 heavy (non-hydrogen) atoms. The third-order valence-electron chi connectivity index (χ3n) is 6.05. The van der Waals surface area contributed by atoms with Gasteiger partial charge in [0.05, 0.1) is 10.7 Å². The minimum atomic E-state index is 0.319. The Morgan fingerprint density at radius 1 is 0.939 bits per heavy atom. The molecule has 0 atom stereocenters. The van der Waals surface area contributed by atoms with Gasteiger partial charge in [-0.25, -0.2) is 0 Å². The first-order valence-corrected chi connectivity index (χ1v) is 12.5. The topological polar surface area (TPSA) is 26.7 Å². The van der Waals surface area contributed by atoms with E-state index in [0.717, 1.165) is 42.9 Å². The number of benzene rings is 3. The minimum Gasteiger partial charge on any atom is -0.507 e. The largest absolute Gasteiger partial charge is 0.507 e. The number of hydrogen-bond acceptors (Lipinski definition) is 4. The zero-order valence-electron chi connectivity index (χ0n) is 19.7. The van der Waals surface area contributed by atoms with E-state index in [9.17, 15) is 5.11 Å². The van der Waals surface area contributed by atoms with Crippen molar-refractivity contribution in [1.29, 1.82) is 0 Å². The highest BCUT2D eigenvalue weighted by Gasteiger charge is 2.24. The van der Waals surface area contributed by atoms with Crippen LogP contribution in [0.1, 0.15) is 31.9 Å². The number of phenolic OH excluding ortho intramolecular Hbond substituents is 1. The highest BCUT2D eigenvalue weighted by molar-refractivity contribution is 8.03. The van der Waals surface area contributed by atoms with Gasteiger partial charge in [-0.3, -0.25) is 0 Å². The summed E-state index contributed by atoms with van der Waals surface area (Å²) < 4.78 is 0. The van der Waals surface area contributed by atoms with E-state index in [1.54, 1.807) is 11.8 Å². The molecule has 0 aromatic heterocycles. The molecule has 170 valence electrons. The predicted molar refractivity (Wildman–Crippen MR) is 143 cm³/mol. The van der Waals surface area contributed by atoms with Crippen LogP contribution in [0.25, 0.3) is 5.57 Å². The normalized spacial score (nSPS) is 14.6. The fraction of sp³-hybridized carbons (Fsp3) is 0.241. The number of allylic oxidation sites excluding steroid dienone is 3. The molecule has 1 N–H and O–H groups in total. The summed E-state index contributed by atoms with van der Waals surface area (Å²) in [6.45, 7) is 9.18. The van der Waals surface area contributed by atoms with Gasteiger partial charge in [-0.05, 0) is 68.7 Å². The van der Waals surface area contributed by atoms with Gasteiger partial charge in [-0.15, -0.1) is 0 Å². The molecule has 0 aliphatic carbocycles. The Balaban J connectivity index is 1.74. The van der Waals surface area contributed by atoms with Crippen molar-refractivity contribution in [2.75, 3.05) is 29.4 Å². The number of anilines is 2. The monoisotopic (exact) mass is 456 g/mol. The van der Waals surface area contributed by atoms with Crippen molar-refractivity contribution >= 4 is 28.7 Å². The summed E-state index contributed by atoms with van der Waals surface area (Å²) in [4.78, 5) is 5.86. The van der Waals surface area contributed by atoms with E-state index >= 15 is 0 Å². The first kappa shape index (κ1) is 23.1. The van der Waals surface area contributed by atoms with Crippen LogP contribution in [0.5, 0.6) is 5.75 Å². The number of rotatable bonds is 8. The lowest BCUT2D eigenvalue weighted by Crippen LogP contribution is -2.21. The van der Waals surface area contributed by atoms with Crippen molar-refractivity contribution in [3.8, 4) is 5.75 Å². The van der Waals surface area contributed by atoms with E-state index in [2.05, 4.69) is 103 Å². The summed E-state index contributed by atoms with van der Waals surface area (Å²) in [5.74, 6) is 0.319. The number of thioether (sulfide) groups is 1. The second-order valence-electron chi connectivity index (χ2n) is 8.02. The molecular weight excluding hydrogens is 424 g/mol. The summed E-state index contributed by atoms with van der Waals surface area (Å²) >= 11 is 1.79. The van der Waals surface area contributed by atoms with E-state index in [1.165, 1.54) is 21.2 Å². The van der Waals surface area contributed by atoms with E-state index in [0.29, 0.717) is 5.75 Å². The molecule has 1 aliphatic rings. The van der Waals surface area contributed by atoms with Crippen LogP contribution >= 0.6 is 11.8 Å². The van der Waals surface area contributed by atoms with Crippen LogP contribution in [0.15, 0.2) is 94.9 Å². The lowest BCUT2D eigenvalue weighted by molar-refractivity contribution is 0.473. The second-order valence-corrected chi connectivity index (χ2v) is 9.08. The van der Waals surface area contributed by atoms with Crippen LogP contribution in [-0.2, 0) is 6.42 Å². The smallest absolute Gasteiger partial charge is 0.125 e. The highest BCUT2D eigenvalue weighted by atomic mass is 32.2. The average molecular weight is 457 g/mol. The second kappa shape index (κ2) is 10.7. The van der Waals surface area contributed by atoms with Gasteiger partial charge in [0.2, 0.25) is 0 Å². The third kappa shape index (κ3) is 5.12. The standard InChI is InChI=1S/C29H32N2OS/c1-4-30(5-2)24-18-19-25(27(32)21-24)23(17-16-22-12-8-7-9-13-22)20-29-31(6-3)26-14-10-11-15-28(26)33-29/h7-15,17-21,32H,4-6,16H2,1-3H3/b23-17-,29-20-. The Labute approximate surface area is 202 Å². The van der Waals surface area contributed by atoms with Crippen molar-refractivity contribution in [1.82, 2.24) is 0 Å². The number of fused-ring (bicyclic) bond motifs is 1. The maximum atomic E-state index is 11.1. The number of nitrogens with zero attached hydrogens (tertiary/aromatic N) is 2. The lowest BCUT2D eigenvalue weighted by Gasteiger charge is -2.22. The highest BCUT2D eigenvalue weighted by Crippen LogP contribution is 2.46. The maximum Gasteiger partial charge on any atom is 0.125 e. The Kier molecular flexibility index (Phi) is 7.46. The molecule has 4 heteroatoms. The van der Waals surface area contributed by atoms with Crippen molar-refractivity contribution < 1.29 is 5.11 Å². The average Bonchev–Trinajstić information content (AvgIpc) is 3.20. The van der Waals surface area contributed by atoms with E-state index < -0.39 is 0 Å². The Morgan fingerprint density at radius 3 is 2.36 bits per heavy atom. The number of aromatic hydroxyl groups is 1. The molecule has 4 rings (SSSR count). The molecule has 3 aromatic carbocycles. The Bertz CT molecular complexity index is 1150. The Hall–Kier alpha value is -3.11. The zero-order valence-corrected chi connectivity index (χ0v) is 20.5. The number of hydrogen-bond donors (Lipinski definition) is 1. The molecule has 0 saturated carbocycles. The number of para-hydroxylation sites is 1. The molecule has 0 unspecified atom stereocenters. The first-order valence-electron chi connectivity index (χ1n) is 11.7. The molecule has 3 nitrogen and oxygen atoms in total. The van der Waals surface area contributed by atoms with Crippen molar-refractivity contribution in [3.05, 3.63) is 101 Å². The van der Waals surface area contributed by atoms with E-state index in [4.69, 9.17) is 0 Å². The van der Waals surface area contributed by atoms with Gasteiger partial charge in [-0.1, -0.05) is 60.3 Å². The SMILES string of the molecule is CCN(CC)c1ccc(C(=C\Cc2ccccc2)/C=C2\Sc3ccccc3N2CC)c(O)c1. The molecule has 0 fully saturated rings. The molecule has 3 aromatic rings. The maximum absolute atomic E-state index is 11.1. The fourth-order valence-electron chi connectivity index (χ4n) is 4.26. The lowest BCUT2D eigenvalue weighted by atomic mass is 10.0. The van der Waals surface area contributed by atoms with Crippen LogP contribution < -0.4 is 9.80 Å². The minimum absolute atomic E-state index is 0.319. The molecule has 0 spiro atoms. The van der Waals surface area contributed by atoms with Gasteiger partial charge in [0, 0.05) is 41.8 Å². The molecule has 0 bridgehead atoms. The van der Waals surface area contributed by atoms with Gasteiger partial charge in [0.1, 0.15) is 5.75 Å². The van der Waals surface area contributed by atoms with Crippen LogP contribution in [-0.4, -0.2) is 24.7 Å².